The fourth-order valence-corrected chi connectivity index (χ4v) is 2.60. The van der Waals surface area contributed by atoms with Gasteiger partial charge in [-0.15, -0.1) is 0 Å². The smallest absolute Gasteiger partial charge is 0.272 e. The molecule has 1 amide bonds. The molecule has 0 saturated heterocycles. The van der Waals surface area contributed by atoms with Crippen molar-refractivity contribution in [3.8, 4) is 0 Å². The number of rotatable bonds is 5. The lowest BCUT2D eigenvalue weighted by Crippen LogP contribution is -2.30. The molecule has 126 valence electrons. The average Bonchev–Trinajstić information content (AvgIpc) is 3.12. The molecule has 0 bridgehead atoms. The van der Waals surface area contributed by atoms with E-state index in [1.165, 1.54) is 12.1 Å². The van der Waals surface area contributed by atoms with E-state index in [0.29, 0.717) is 16.9 Å². The van der Waals surface area contributed by atoms with Gasteiger partial charge in [0.15, 0.2) is 0 Å². The number of anilines is 1. The first-order chi connectivity index (χ1) is 12.1. The van der Waals surface area contributed by atoms with Crippen LogP contribution in [0.3, 0.4) is 0 Å². The van der Waals surface area contributed by atoms with Crippen molar-refractivity contribution in [1.29, 1.82) is 0 Å². The van der Waals surface area contributed by atoms with Gasteiger partial charge < -0.3 is 9.32 Å². The number of nitrogens with zero attached hydrogens (tertiary/aromatic N) is 2. The van der Waals surface area contributed by atoms with E-state index in [2.05, 4.69) is 0 Å². The topological polar surface area (TPSA) is 76.6 Å². The van der Waals surface area contributed by atoms with Gasteiger partial charge in [0.05, 0.1) is 17.7 Å². The predicted octanol–water partition coefficient (Wildman–Crippen LogP) is 4.34. The van der Waals surface area contributed by atoms with Crippen LogP contribution in [0.4, 0.5) is 11.4 Å². The van der Waals surface area contributed by atoms with Gasteiger partial charge in [0.2, 0.25) is 0 Å². The number of carbonyl (C=O) groups is 1. The molecule has 1 aromatic heterocycles. The van der Waals surface area contributed by atoms with Gasteiger partial charge in [0.1, 0.15) is 5.76 Å². The molecule has 2 aromatic carbocycles. The summed E-state index contributed by atoms with van der Waals surface area (Å²) >= 11 is 0. The molecule has 1 heterocycles. The zero-order chi connectivity index (χ0) is 17.8. The molecule has 0 fully saturated rings. The monoisotopic (exact) mass is 336 g/mol. The van der Waals surface area contributed by atoms with E-state index in [0.717, 1.165) is 5.69 Å². The van der Waals surface area contributed by atoms with Crippen LogP contribution in [-0.4, -0.2) is 10.8 Å². The first-order valence-corrected chi connectivity index (χ1v) is 7.70. The molecule has 0 N–H and O–H groups in total. The summed E-state index contributed by atoms with van der Waals surface area (Å²) in [6, 6.07) is 17.2. The molecular formula is C19H16N2O4. The number of nitro benzene ring substituents is 1. The van der Waals surface area contributed by atoms with Crippen molar-refractivity contribution in [3.05, 3.63) is 93.9 Å². The van der Waals surface area contributed by atoms with Gasteiger partial charge in [0.25, 0.3) is 11.6 Å². The van der Waals surface area contributed by atoms with Gasteiger partial charge in [-0.25, -0.2) is 0 Å². The second-order valence-electron chi connectivity index (χ2n) is 5.56. The minimum Gasteiger partial charge on any atom is -0.467 e. The Labute approximate surface area is 144 Å². The molecule has 0 radical (unpaired) electrons. The Morgan fingerprint density at radius 2 is 1.88 bits per heavy atom. The van der Waals surface area contributed by atoms with Crippen molar-refractivity contribution in [1.82, 2.24) is 0 Å². The Balaban J connectivity index is 1.96. The van der Waals surface area contributed by atoms with Crippen LogP contribution in [0.15, 0.2) is 71.3 Å². The van der Waals surface area contributed by atoms with Crippen LogP contribution in [0.1, 0.15) is 21.7 Å². The first kappa shape index (κ1) is 16.4. The summed E-state index contributed by atoms with van der Waals surface area (Å²) in [6.45, 7) is 1.89. The Morgan fingerprint density at radius 1 is 1.12 bits per heavy atom. The van der Waals surface area contributed by atoms with Gasteiger partial charge in [-0.3, -0.25) is 14.9 Å². The first-order valence-electron chi connectivity index (χ1n) is 7.70. The molecule has 0 atom stereocenters. The minimum absolute atomic E-state index is 0.00570. The largest absolute Gasteiger partial charge is 0.467 e. The molecule has 0 aliphatic carbocycles. The highest BCUT2D eigenvalue weighted by Crippen LogP contribution is 2.23. The van der Waals surface area contributed by atoms with Crippen LogP contribution in [0, 0.1) is 17.0 Å². The van der Waals surface area contributed by atoms with Crippen molar-refractivity contribution in [2.24, 2.45) is 0 Å². The number of amides is 1. The fraction of sp³-hybridized carbons (Fsp3) is 0.105. The molecule has 3 aromatic rings. The second-order valence-corrected chi connectivity index (χ2v) is 5.56. The highest BCUT2D eigenvalue weighted by atomic mass is 16.6. The lowest BCUT2D eigenvalue weighted by molar-refractivity contribution is -0.385. The molecule has 0 unspecified atom stereocenters. The Morgan fingerprint density at radius 3 is 2.48 bits per heavy atom. The second kappa shape index (κ2) is 7.00. The van der Waals surface area contributed by atoms with Crippen molar-refractivity contribution in [2.45, 2.75) is 13.5 Å². The van der Waals surface area contributed by atoms with E-state index in [-0.39, 0.29) is 18.1 Å². The summed E-state index contributed by atoms with van der Waals surface area (Å²) in [5.41, 5.74) is 1.55. The maximum Gasteiger partial charge on any atom is 0.272 e. The maximum atomic E-state index is 13.0. The standard InChI is InChI=1S/C19H16N2O4/c1-14-12-15(9-10-18(14)21(23)24)19(22)20(13-17-8-5-11-25-17)16-6-3-2-4-7-16/h2-12H,13H2,1H3. The van der Waals surface area contributed by atoms with Gasteiger partial charge in [0, 0.05) is 22.9 Å². The van der Waals surface area contributed by atoms with Crippen LogP contribution >= 0.6 is 0 Å². The van der Waals surface area contributed by atoms with E-state index in [9.17, 15) is 14.9 Å². The Hall–Kier alpha value is -3.41. The lowest BCUT2D eigenvalue weighted by Gasteiger charge is -2.22. The minimum atomic E-state index is -0.457. The average molecular weight is 336 g/mol. The third kappa shape index (κ3) is 3.58. The highest BCUT2D eigenvalue weighted by Gasteiger charge is 2.21. The van der Waals surface area contributed by atoms with E-state index >= 15 is 0 Å². The highest BCUT2D eigenvalue weighted by molar-refractivity contribution is 6.06. The van der Waals surface area contributed by atoms with E-state index < -0.39 is 4.92 Å². The quantitative estimate of drug-likeness (QED) is 0.513. The van der Waals surface area contributed by atoms with Crippen LogP contribution in [0.5, 0.6) is 0 Å². The van der Waals surface area contributed by atoms with Crippen molar-refractivity contribution >= 4 is 17.3 Å². The molecule has 6 nitrogen and oxygen atoms in total. The van der Waals surface area contributed by atoms with Crippen molar-refractivity contribution < 1.29 is 14.1 Å². The summed E-state index contributed by atoms with van der Waals surface area (Å²) in [6.07, 6.45) is 1.55. The number of furan rings is 1. The number of para-hydroxylation sites is 1. The molecule has 25 heavy (non-hydrogen) atoms. The van der Waals surface area contributed by atoms with Gasteiger partial charge in [-0.2, -0.15) is 0 Å². The number of carbonyl (C=O) groups excluding carboxylic acids is 1. The summed E-state index contributed by atoms with van der Waals surface area (Å²) < 4.78 is 5.36. The van der Waals surface area contributed by atoms with E-state index in [1.807, 2.05) is 30.3 Å². The molecule has 0 spiro atoms. The van der Waals surface area contributed by atoms with Gasteiger partial charge in [-0.05, 0) is 43.3 Å². The zero-order valence-corrected chi connectivity index (χ0v) is 13.6. The normalized spacial score (nSPS) is 10.4. The molecular weight excluding hydrogens is 320 g/mol. The van der Waals surface area contributed by atoms with E-state index in [1.54, 1.807) is 36.3 Å². The molecule has 3 rings (SSSR count). The summed E-state index contributed by atoms with van der Waals surface area (Å²) in [4.78, 5) is 25.1. The number of benzene rings is 2. The zero-order valence-electron chi connectivity index (χ0n) is 13.6. The Bertz CT molecular complexity index is 889. The summed E-state index contributed by atoms with van der Waals surface area (Å²) in [7, 11) is 0. The lowest BCUT2D eigenvalue weighted by atomic mass is 10.1. The third-order valence-electron chi connectivity index (χ3n) is 3.85. The van der Waals surface area contributed by atoms with E-state index in [4.69, 9.17) is 4.42 Å². The number of hydrogen-bond acceptors (Lipinski definition) is 4. The molecule has 6 heteroatoms. The predicted molar refractivity (Wildman–Crippen MR) is 93.5 cm³/mol. The Kier molecular flexibility index (Phi) is 4.61. The molecule has 0 aliphatic rings. The number of hydrogen-bond donors (Lipinski definition) is 0. The van der Waals surface area contributed by atoms with Crippen molar-refractivity contribution in [3.63, 3.8) is 0 Å². The third-order valence-corrected chi connectivity index (χ3v) is 3.85. The number of aryl methyl sites for hydroxylation is 1. The van der Waals surface area contributed by atoms with Gasteiger partial charge >= 0.3 is 0 Å². The SMILES string of the molecule is Cc1cc(C(=O)N(Cc2ccco2)c2ccccc2)ccc1[N+](=O)[O-]. The van der Waals surface area contributed by atoms with Crippen LogP contribution < -0.4 is 4.90 Å². The number of nitro groups is 1. The molecule has 0 aliphatic heterocycles. The van der Waals surface area contributed by atoms with Crippen LogP contribution in [0.2, 0.25) is 0 Å². The summed E-state index contributed by atoms with van der Waals surface area (Å²) in [5, 5.41) is 11.0. The van der Waals surface area contributed by atoms with Gasteiger partial charge in [-0.1, -0.05) is 18.2 Å². The maximum absolute atomic E-state index is 13.0. The summed E-state index contributed by atoms with van der Waals surface area (Å²) in [5.74, 6) is 0.399. The van der Waals surface area contributed by atoms with Crippen LogP contribution in [0.25, 0.3) is 0 Å². The van der Waals surface area contributed by atoms with Crippen molar-refractivity contribution in [2.75, 3.05) is 4.90 Å². The molecule has 0 saturated carbocycles. The van der Waals surface area contributed by atoms with Crippen LogP contribution in [-0.2, 0) is 6.54 Å². The fourth-order valence-electron chi connectivity index (χ4n) is 2.60.